The summed E-state index contributed by atoms with van der Waals surface area (Å²) in [5, 5.41) is 7.30. The number of likely N-dealkylation sites (tertiary alicyclic amines) is 2. The van der Waals surface area contributed by atoms with E-state index in [1.165, 1.54) is 14.2 Å². The van der Waals surface area contributed by atoms with Crippen molar-refractivity contribution in [1.29, 1.82) is 0 Å². The second-order valence-corrected chi connectivity index (χ2v) is 16.4. The van der Waals surface area contributed by atoms with Gasteiger partial charge in [-0.25, -0.2) is 19.6 Å². The molecule has 0 bridgehead atoms. The Morgan fingerprint density at radius 1 is 0.915 bits per heavy atom. The summed E-state index contributed by atoms with van der Waals surface area (Å²) in [6, 6.07) is 12.7. The summed E-state index contributed by atoms with van der Waals surface area (Å²) in [6.45, 7) is 10.6. The van der Waals surface area contributed by atoms with E-state index in [0.29, 0.717) is 24.9 Å². The van der Waals surface area contributed by atoms with E-state index >= 15 is 0 Å². The number of ether oxygens (including phenoxy) is 3. The lowest BCUT2D eigenvalue weighted by molar-refractivity contribution is -0.137. The normalized spacial score (nSPS) is 20.9. The predicted octanol–water partition coefficient (Wildman–Crippen LogP) is 7.14. The van der Waals surface area contributed by atoms with Gasteiger partial charge in [-0.3, -0.25) is 9.59 Å². The lowest BCUT2D eigenvalue weighted by atomic mass is 9.92. The second kappa shape index (κ2) is 15.9. The molecule has 3 aromatic carbocycles. The van der Waals surface area contributed by atoms with Crippen molar-refractivity contribution in [3.05, 3.63) is 65.9 Å². The van der Waals surface area contributed by atoms with E-state index < -0.39 is 24.3 Å². The number of hydrogen-bond acceptors (Lipinski definition) is 9. The van der Waals surface area contributed by atoms with E-state index in [-0.39, 0.29) is 35.9 Å². The van der Waals surface area contributed by atoms with E-state index in [1.54, 1.807) is 6.92 Å². The zero-order valence-electron chi connectivity index (χ0n) is 34.5. The van der Waals surface area contributed by atoms with Crippen molar-refractivity contribution in [2.45, 2.75) is 97.1 Å². The maximum absolute atomic E-state index is 13.9. The topological polar surface area (TPSA) is 184 Å². The molecule has 3 aliphatic rings. The second-order valence-electron chi connectivity index (χ2n) is 16.4. The van der Waals surface area contributed by atoms with Crippen molar-refractivity contribution in [1.82, 2.24) is 40.4 Å². The van der Waals surface area contributed by atoms with Gasteiger partial charge in [0.2, 0.25) is 11.8 Å². The molecule has 2 fully saturated rings. The number of carbonyl (C=O) groups excluding carboxylic acids is 4. The smallest absolute Gasteiger partial charge is 0.407 e. The Morgan fingerprint density at radius 2 is 1.69 bits per heavy atom. The Kier molecular flexibility index (Phi) is 10.7. The van der Waals surface area contributed by atoms with Crippen LogP contribution in [0.15, 0.2) is 48.7 Å². The quantitative estimate of drug-likeness (QED) is 0.120. The van der Waals surface area contributed by atoms with Crippen molar-refractivity contribution >= 4 is 45.8 Å². The molecule has 0 radical (unpaired) electrons. The summed E-state index contributed by atoms with van der Waals surface area (Å²) in [5.74, 6) is 2.06. The molecule has 6 atom stereocenters. The number of nitrogens with one attached hydrogen (secondary N) is 4. The van der Waals surface area contributed by atoms with Gasteiger partial charge >= 0.3 is 12.2 Å². The molecule has 4 amide bonds. The molecule has 5 aromatic rings. The number of aromatic nitrogens is 4. The number of nitrogens with zero attached hydrogens (tertiary/aromatic N) is 4. The molecule has 1 unspecified atom stereocenters. The Morgan fingerprint density at radius 3 is 2.44 bits per heavy atom. The number of aromatic amines is 2. The third-order valence-corrected chi connectivity index (χ3v) is 12.4. The van der Waals surface area contributed by atoms with Gasteiger partial charge in [-0.15, -0.1) is 0 Å². The summed E-state index contributed by atoms with van der Waals surface area (Å²) in [5.41, 5.74) is 6.59. The number of carbonyl (C=O) groups is 4. The molecule has 2 saturated heterocycles. The third-order valence-electron chi connectivity index (χ3n) is 12.4. The summed E-state index contributed by atoms with van der Waals surface area (Å²) in [6.07, 6.45) is 3.81. The molecule has 310 valence electrons. The maximum atomic E-state index is 13.9. The number of alkyl carbamates (subject to hydrolysis) is 2. The van der Waals surface area contributed by atoms with Crippen LogP contribution in [0.1, 0.15) is 89.6 Å². The van der Waals surface area contributed by atoms with Crippen LogP contribution >= 0.6 is 0 Å². The zero-order chi connectivity index (χ0) is 41.7. The van der Waals surface area contributed by atoms with Crippen LogP contribution in [0, 0.1) is 11.8 Å². The Labute approximate surface area is 342 Å². The molecule has 0 aliphatic carbocycles. The SMILES string of the molecule is CC[C@H]1C[C@@H](c2nc3c(ccc4cc5c(cc43)OCc3cc(-c4cnc(C6CC[C@H](C)N6C(=O)[C@@H](NC(=O)OC)C(C)C)[nH]4)ccc3-5)[nH]2)N(C(=O)[C@H](C)NC(=O)OC)C1. The molecule has 8 rings (SSSR count). The fourth-order valence-corrected chi connectivity index (χ4v) is 9.04. The van der Waals surface area contributed by atoms with Gasteiger partial charge in [0.15, 0.2) is 0 Å². The van der Waals surface area contributed by atoms with Crippen LogP contribution in [-0.2, 0) is 25.7 Å². The highest BCUT2D eigenvalue weighted by atomic mass is 16.5. The summed E-state index contributed by atoms with van der Waals surface area (Å²) < 4.78 is 15.9. The van der Waals surface area contributed by atoms with E-state index in [4.69, 9.17) is 24.2 Å². The first-order valence-corrected chi connectivity index (χ1v) is 20.5. The van der Waals surface area contributed by atoms with Crippen molar-refractivity contribution in [3.63, 3.8) is 0 Å². The third kappa shape index (κ3) is 7.31. The molecule has 0 spiro atoms. The molecule has 0 saturated carbocycles. The van der Waals surface area contributed by atoms with Crippen LogP contribution < -0.4 is 15.4 Å². The first kappa shape index (κ1) is 39.7. The maximum Gasteiger partial charge on any atom is 0.407 e. The van der Waals surface area contributed by atoms with Gasteiger partial charge in [-0.1, -0.05) is 45.4 Å². The molecule has 59 heavy (non-hydrogen) atoms. The van der Waals surface area contributed by atoms with E-state index in [2.05, 4.69) is 63.9 Å². The van der Waals surface area contributed by atoms with Crippen LogP contribution in [0.3, 0.4) is 0 Å². The van der Waals surface area contributed by atoms with Gasteiger partial charge < -0.3 is 44.6 Å². The van der Waals surface area contributed by atoms with Crippen molar-refractivity contribution < 1.29 is 33.4 Å². The summed E-state index contributed by atoms with van der Waals surface area (Å²) in [4.78, 5) is 71.9. The Balaban J connectivity index is 1.05. The van der Waals surface area contributed by atoms with Gasteiger partial charge in [-0.2, -0.15) is 0 Å². The fraction of sp³-hybridized carbons (Fsp3) is 0.455. The predicted molar refractivity (Wildman–Crippen MR) is 221 cm³/mol. The molecule has 2 aromatic heterocycles. The van der Waals surface area contributed by atoms with Gasteiger partial charge in [0.25, 0.3) is 0 Å². The average molecular weight is 805 g/mol. The van der Waals surface area contributed by atoms with E-state index in [0.717, 1.165) is 87.0 Å². The van der Waals surface area contributed by atoms with Crippen molar-refractivity contribution in [2.75, 3.05) is 20.8 Å². The van der Waals surface area contributed by atoms with Gasteiger partial charge in [0, 0.05) is 23.5 Å². The van der Waals surface area contributed by atoms with Crippen molar-refractivity contribution in [2.24, 2.45) is 11.8 Å². The largest absolute Gasteiger partial charge is 0.488 e. The number of rotatable bonds is 9. The van der Waals surface area contributed by atoms with E-state index in [1.807, 2.05) is 42.8 Å². The molecular weight excluding hydrogens is 753 g/mol. The summed E-state index contributed by atoms with van der Waals surface area (Å²) >= 11 is 0. The number of H-pyrrole nitrogens is 2. The van der Waals surface area contributed by atoms with Gasteiger partial charge in [-0.05, 0) is 91.3 Å². The monoisotopic (exact) mass is 804 g/mol. The Bertz CT molecular complexity index is 2440. The standard InChI is InChI=1S/C44H52N8O7/c1-8-25-15-35(51(20-25)41(53)24(5)46-43(55)57-6)40-47-32-13-11-26-17-31-29-12-10-27(16-28(29)21-59-36(31)18-30(26)38(32)49-40)33-19-45-39(48-33)34-14-9-23(4)52(34)42(54)37(22(2)3)50-44(56)58-7/h10-13,16-19,22-25,34-35,37H,8-9,14-15,20-21H2,1-7H3,(H,45,48)(H,46,55)(H,47,49)(H,50,56)/t23-,24-,25-,34?,35-,37-/m0/s1. The minimum atomic E-state index is -0.740. The Hall–Kier alpha value is -6.12. The number of fused-ring (bicyclic) bond motifs is 6. The van der Waals surface area contributed by atoms with Crippen LogP contribution in [0.4, 0.5) is 9.59 Å². The lowest BCUT2D eigenvalue weighted by Gasteiger charge is -2.32. The number of amides is 4. The van der Waals surface area contributed by atoms with E-state index in [9.17, 15) is 19.2 Å². The highest BCUT2D eigenvalue weighted by Crippen LogP contribution is 2.44. The van der Waals surface area contributed by atoms with Gasteiger partial charge in [0.1, 0.15) is 36.1 Å². The highest BCUT2D eigenvalue weighted by Gasteiger charge is 2.42. The first-order valence-electron chi connectivity index (χ1n) is 20.5. The molecular formula is C44H52N8O7. The van der Waals surface area contributed by atoms with Crippen LogP contribution in [0.2, 0.25) is 0 Å². The van der Waals surface area contributed by atoms with Crippen LogP contribution in [0.25, 0.3) is 44.2 Å². The zero-order valence-corrected chi connectivity index (χ0v) is 34.5. The average Bonchev–Trinajstić information content (AvgIpc) is 4.06. The minimum Gasteiger partial charge on any atom is -0.488 e. The van der Waals surface area contributed by atoms with Crippen LogP contribution in [0.5, 0.6) is 5.75 Å². The minimum absolute atomic E-state index is 0.0149. The van der Waals surface area contributed by atoms with Gasteiger partial charge in [0.05, 0.1) is 49.2 Å². The summed E-state index contributed by atoms with van der Waals surface area (Å²) in [7, 11) is 2.57. The number of methoxy groups -OCH3 is 2. The fourth-order valence-electron chi connectivity index (χ4n) is 9.04. The number of hydrogen-bond donors (Lipinski definition) is 4. The molecule has 3 aliphatic heterocycles. The number of imidazole rings is 2. The highest BCUT2D eigenvalue weighted by molar-refractivity contribution is 6.07. The number of benzene rings is 3. The molecule has 15 nitrogen and oxygen atoms in total. The van der Waals surface area contributed by atoms with Crippen molar-refractivity contribution in [3.8, 4) is 28.1 Å². The molecule has 15 heteroatoms. The lowest BCUT2D eigenvalue weighted by Crippen LogP contribution is -2.52. The molecule has 4 N–H and O–H groups in total. The first-order chi connectivity index (χ1) is 28.4. The van der Waals surface area contributed by atoms with Crippen LogP contribution in [-0.4, -0.2) is 92.6 Å². The molecule has 5 heterocycles.